The maximum atomic E-state index is 4.79. The van der Waals surface area contributed by atoms with E-state index in [1.807, 2.05) is 207 Å². The number of aromatic nitrogens is 12. The summed E-state index contributed by atoms with van der Waals surface area (Å²) in [5, 5.41) is 0. The van der Waals surface area contributed by atoms with Crippen LogP contribution in [0.25, 0.3) is 80.5 Å². The molecule has 8 aliphatic carbocycles. The van der Waals surface area contributed by atoms with Gasteiger partial charge in [-0.15, -0.1) is 0 Å². The normalized spacial score (nSPS) is 23.1. The fourth-order valence-corrected chi connectivity index (χ4v) is 17.3. The molecule has 12 nitrogen and oxygen atoms in total. The predicted octanol–water partition coefficient (Wildman–Crippen LogP) is 19.1. The quantitative estimate of drug-likeness (QED) is 0.113. The molecular weight excluding hydrogens is 1380 g/mol. The summed E-state index contributed by atoms with van der Waals surface area (Å²) in [6, 6.07) is 67.2. The molecule has 4 atom stereocenters. The number of rotatable bonds is 11. The number of pyridine rings is 12. The second kappa shape index (κ2) is 32.3. The van der Waals surface area contributed by atoms with Gasteiger partial charge in [0, 0.05) is 113 Å². The molecule has 8 saturated carbocycles. The molecule has 20 rings (SSSR count). The molecule has 8 fully saturated rings. The zero-order valence-corrected chi connectivity index (χ0v) is 58.2. The minimum Gasteiger partial charge on any atom is -0.255 e. The number of nitrogens with zero attached hydrogens (tertiary/aromatic N) is 12. The first kappa shape index (κ1) is 68.5. The molecule has 14 heteroatoms. The third kappa shape index (κ3) is 16.6. The molecule has 0 radical (unpaired) electrons. The van der Waals surface area contributed by atoms with Crippen LogP contribution in [0.1, 0.15) is 88.2 Å². The van der Waals surface area contributed by atoms with E-state index in [0.717, 1.165) is 92.0 Å². The molecule has 0 spiro atoms. The standard InChI is InChI=1S/C44H46N4.4C10H8N2.2Ru/c1-3-15-45-37(5-1)39-9-7-31(27-47-39)11-13-41-19-33-17-34(20-41)24-43(23-33,29-41)44-25-35-18-36(26-44)22-42(21-35,30-44)14-12-32-8-10-40(48-28-32)38-6-2-4-16-46-38;4*1-3-7-11-9(5-1)10-6-2-4-8-12-10;;/h1-16,27-28,33-36H,17-26,29-30H2;4*1-8H;;/b13-11+,14-12+;;;;;;. The summed E-state index contributed by atoms with van der Waals surface area (Å²) in [6.45, 7) is 0. The van der Waals surface area contributed by atoms with E-state index in [0.29, 0.717) is 21.7 Å². The Morgan fingerprint density at radius 2 is 0.439 bits per heavy atom. The molecule has 490 valence electrons. The van der Waals surface area contributed by atoms with E-state index in [4.69, 9.17) is 9.97 Å². The molecule has 98 heavy (non-hydrogen) atoms. The van der Waals surface area contributed by atoms with E-state index >= 15 is 0 Å². The van der Waals surface area contributed by atoms with Crippen LogP contribution in [0.2, 0.25) is 0 Å². The summed E-state index contributed by atoms with van der Waals surface area (Å²) < 4.78 is 0. The van der Waals surface area contributed by atoms with Crippen molar-refractivity contribution in [1.82, 2.24) is 59.8 Å². The van der Waals surface area contributed by atoms with Gasteiger partial charge in [-0.2, -0.15) is 0 Å². The average molecular weight is 1460 g/mol. The predicted molar refractivity (Wildman–Crippen MR) is 382 cm³/mol. The van der Waals surface area contributed by atoms with Crippen LogP contribution in [0.15, 0.2) is 293 Å². The smallest absolute Gasteiger partial charge is 0.0886 e. The summed E-state index contributed by atoms with van der Waals surface area (Å²) in [4.78, 5) is 52.1. The zero-order chi connectivity index (χ0) is 64.7. The van der Waals surface area contributed by atoms with Gasteiger partial charge in [-0.05, 0) is 267 Å². The fourth-order valence-electron chi connectivity index (χ4n) is 17.3. The van der Waals surface area contributed by atoms with Crippen molar-refractivity contribution < 1.29 is 39.0 Å². The largest absolute Gasteiger partial charge is 0.255 e. The summed E-state index contributed by atoms with van der Waals surface area (Å²) in [5.41, 5.74) is 15.3. The molecule has 0 N–H and O–H groups in total. The van der Waals surface area contributed by atoms with E-state index in [2.05, 4.69) is 98.4 Å². The van der Waals surface area contributed by atoms with Crippen LogP contribution in [-0.2, 0) is 39.0 Å². The SMILES string of the molecule is C(=C\C12CC3CC(C1)CC(C14CC5CC(CC(/C=C/c6ccc(-c7ccccn7)nc6)(C5)C1)C4)(C3)C2)/c1ccc(-c2ccccn2)nc1.[Ru].[Ru].c1ccc(-c2ccccn2)nc1.c1ccc(-c2ccccn2)nc1.c1ccc(-c2ccccn2)nc1.c1ccc(-c2ccccn2)nc1. The van der Waals surface area contributed by atoms with Crippen molar-refractivity contribution in [1.29, 1.82) is 0 Å². The molecule has 0 aliphatic heterocycles. The van der Waals surface area contributed by atoms with Gasteiger partial charge in [-0.3, -0.25) is 59.8 Å². The minimum atomic E-state index is 0. The third-order valence-corrected chi connectivity index (χ3v) is 20.4. The maximum Gasteiger partial charge on any atom is 0.0886 e. The van der Waals surface area contributed by atoms with E-state index in [1.165, 1.54) is 88.2 Å². The minimum absolute atomic E-state index is 0. The Morgan fingerprint density at radius 3 is 0.612 bits per heavy atom. The Hall–Kier alpha value is -9.47. The second-order valence-corrected chi connectivity index (χ2v) is 27.0. The summed E-state index contributed by atoms with van der Waals surface area (Å²) >= 11 is 0. The van der Waals surface area contributed by atoms with Gasteiger partial charge in [0.15, 0.2) is 0 Å². The number of allylic oxidation sites excluding steroid dienone is 2. The number of hydrogen-bond donors (Lipinski definition) is 0. The zero-order valence-electron chi connectivity index (χ0n) is 54.7. The van der Waals surface area contributed by atoms with Crippen molar-refractivity contribution in [2.24, 2.45) is 45.3 Å². The molecule has 12 aromatic rings. The molecule has 12 heterocycles. The Balaban J connectivity index is 0.000000146. The molecule has 8 aliphatic rings. The fraction of sp³-hybridized carbons (Fsp3) is 0.238. The van der Waals surface area contributed by atoms with Crippen LogP contribution < -0.4 is 0 Å². The van der Waals surface area contributed by atoms with Crippen LogP contribution in [0.4, 0.5) is 0 Å². The summed E-state index contributed by atoms with van der Waals surface area (Å²) in [6.07, 6.45) is 49.5. The molecule has 0 amide bonds. The van der Waals surface area contributed by atoms with E-state index in [9.17, 15) is 0 Å². The van der Waals surface area contributed by atoms with Crippen molar-refractivity contribution in [3.63, 3.8) is 0 Å². The Bertz CT molecular complexity index is 3810. The summed E-state index contributed by atoms with van der Waals surface area (Å²) in [7, 11) is 0. The van der Waals surface area contributed by atoms with Crippen molar-refractivity contribution in [3.8, 4) is 68.3 Å². The molecule has 4 unspecified atom stereocenters. The molecule has 8 bridgehead atoms. The first-order valence-corrected chi connectivity index (χ1v) is 33.8. The first-order chi connectivity index (χ1) is 47.3. The van der Waals surface area contributed by atoms with Crippen LogP contribution in [0.3, 0.4) is 0 Å². The van der Waals surface area contributed by atoms with Crippen LogP contribution in [0, 0.1) is 45.3 Å². The van der Waals surface area contributed by atoms with Gasteiger partial charge in [0.2, 0.25) is 0 Å². The van der Waals surface area contributed by atoms with E-state index < -0.39 is 0 Å². The average Bonchev–Trinajstić information content (AvgIpc) is 0.678. The van der Waals surface area contributed by atoms with Crippen molar-refractivity contribution >= 4 is 12.2 Å². The summed E-state index contributed by atoms with van der Waals surface area (Å²) in [5.74, 6) is 3.62. The van der Waals surface area contributed by atoms with Gasteiger partial charge in [0.05, 0.1) is 68.3 Å². The topological polar surface area (TPSA) is 155 Å². The van der Waals surface area contributed by atoms with Crippen molar-refractivity contribution in [3.05, 3.63) is 304 Å². The first-order valence-electron chi connectivity index (χ1n) is 33.8. The molecular formula is C84H78N12Ru2. The monoisotopic (exact) mass is 1460 g/mol. The third-order valence-electron chi connectivity index (χ3n) is 20.4. The Morgan fingerprint density at radius 1 is 0.235 bits per heavy atom. The van der Waals surface area contributed by atoms with Crippen molar-refractivity contribution in [2.75, 3.05) is 0 Å². The number of hydrogen-bond acceptors (Lipinski definition) is 12. The van der Waals surface area contributed by atoms with Gasteiger partial charge in [-0.1, -0.05) is 97.1 Å². The van der Waals surface area contributed by atoms with Crippen molar-refractivity contribution in [2.45, 2.75) is 77.0 Å². The van der Waals surface area contributed by atoms with E-state index in [1.54, 1.807) is 49.6 Å². The molecule has 12 aromatic heterocycles. The van der Waals surface area contributed by atoms with Gasteiger partial charge in [0.1, 0.15) is 0 Å². The van der Waals surface area contributed by atoms with Crippen LogP contribution >= 0.6 is 0 Å². The van der Waals surface area contributed by atoms with Gasteiger partial charge < -0.3 is 0 Å². The Kier molecular flexibility index (Phi) is 22.5. The van der Waals surface area contributed by atoms with Crippen LogP contribution in [0.5, 0.6) is 0 Å². The van der Waals surface area contributed by atoms with E-state index in [-0.39, 0.29) is 39.0 Å². The van der Waals surface area contributed by atoms with Gasteiger partial charge >= 0.3 is 0 Å². The van der Waals surface area contributed by atoms with Gasteiger partial charge in [0.25, 0.3) is 0 Å². The molecule has 0 aromatic carbocycles. The Labute approximate surface area is 601 Å². The maximum absolute atomic E-state index is 4.79. The van der Waals surface area contributed by atoms with Gasteiger partial charge in [-0.25, -0.2) is 0 Å². The molecule has 0 saturated heterocycles. The van der Waals surface area contributed by atoms with Crippen LogP contribution in [-0.4, -0.2) is 59.8 Å². The second-order valence-electron chi connectivity index (χ2n) is 27.0.